The second-order valence-electron chi connectivity index (χ2n) is 6.94. The average molecular weight is 353 g/mol. The topological polar surface area (TPSA) is 55.6 Å². The van der Waals surface area contributed by atoms with Gasteiger partial charge in [0.2, 0.25) is 5.91 Å². The molecule has 1 saturated heterocycles. The highest BCUT2D eigenvalue weighted by atomic mass is 35.5. The summed E-state index contributed by atoms with van der Waals surface area (Å²) < 4.78 is 6.00. The Labute approximate surface area is 151 Å². The molecule has 2 aliphatic rings. The summed E-state index contributed by atoms with van der Waals surface area (Å²) in [4.78, 5) is 14.6. The first-order valence-corrected chi connectivity index (χ1v) is 8.92. The highest BCUT2D eigenvalue weighted by Gasteiger charge is 2.31. The maximum absolute atomic E-state index is 12.6. The molecule has 1 aliphatic carbocycles. The predicted molar refractivity (Wildman–Crippen MR) is 98.0 cm³/mol. The highest BCUT2D eigenvalue weighted by molar-refractivity contribution is 5.85. The summed E-state index contributed by atoms with van der Waals surface area (Å²) in [6.07, 6.45) is 6.19. The number of halogens is 1. The third-order valence-corrected chi connectivity index (χ3v) is 5.15. The lowest BCUT2D eigenvalue weighted by atomic mass is 9.85. The summed E-state index contributed by atoms with van der Waals surface area (Å²) in [6, 6.07) is 10.5. The Kier molecular flexibility index (Phi) is 7.53. The van der Waals surface area contributed by atoms with Gasteiger partial charge in [0.15, 0.2) is 0 Å². The minimum atomic E-state index is 0. The third-order valence-electron chi connectivity index (χ3n) is 5.15. The van der Waals surface area contributed by atoms with Gasteiger partial charge in [-0.3, -0.25) is 4.79 Å². The van der Waals surface area contributed by atoms with Gasteiger partial charge in [-0.25, -0.2) is 0 Å². The van der Waals surface area contributed by atoms with Crippen LogP contribution in [0, 0.1) is 5.92 Å². The number of nitrogens with zero attached hydrogens (tertiary/aromatic N) is 1. The number of carbonyl (C=O) groups is 1. The van der Waals surface area contributed by atoms with E-state index in [9.17, 15) is 4.79 Å². The van der Waals surface area contributed by atoms with Crippen LogP contribution in [-0.2, 0) is 16.1 Å². The molecule has 2 unspecified atom stereocenters. The molecule has 0 radical (unpaired) electrons. The van der Waals surface area contributed by atoms with Crippen LogP contribution in [0.4, 0.5) is 0 Å². The van der Waals surface area contributed by atoms with Crippen molar-refractivity contribution in [2.75, 3.05) is 13.1 Å². The number of hydrogen-bond acceptors (Lipinski definition) is 3. The number of rotatable bonds is 4. The Morgan fingerprint density at radius 3 is 2.50 bits per heavy atom. The lowest BCUT2D eigenvalue weighted by molar-refractivity contribution is -0.139. The molecule has 4 nitrogen and oxygen atoms in total. The van der Waals surface area contributed by atoms with Crippen molar-refractivity contribution in [3.63, 3.8) is 0 Å². The van der Waals surface area contributed by atoms with E-state index >= 15 is 0 Å². The molecule has 0 aromatic heterocycles. The van der Waals surface area contributed by atoms with Crippen molar-refractivity contribution in [1.82, 2.24) is 4.90 Å². The normalized spacial score (nSPS) is 25.1. The molecule has 2 atom stereocenters. The van der Waals surface area contributed by atoms with Crippen molar-refractivity contribution in [1.29, 1.82) is 0 Å². The van der Waals surface area contributed by atoms with E-state index in [1.54, 1.807) is 0 Å². The van der Waals surface area contributed by atoms with Gasteiger partial charge in [0, 0.05) is 25.0 Å². The van der Waals surface area contributed by atoms with Crippen molar-refractivity contribution in [2.24, 2.45) is 11.7 Å². The van der Waals surface area contributed by atoms with E-state index in [1.165, 1.54) is 5.56 Å². The molecular formula is C19H29ClN2O2. The molecular weight excluding hydrogens is 324 g/mol. The van der Waals surface area contributed by atoms with Crippen LogP contribution in [-0.4, -0.2) is 36.0 Å². The Morgan fingerprint density at radius 2 is 1.83 bits per heavy atom. The fraction of sp³-hybridized carbons (Fsp3) is 0.632. The number of piperidine rings is 1. The van der Waals surface area contributed by atoms with Crippen molar-refractivity contribution < 1.29 is 9.53 Å². The summed E-state index contributed by atoms with van der Waals surface area (Å²) in [5.74, 6) is 0.474. The van der Waals surface area contributed by atoms with Gasteiger partial charge in [-0.05, 0) is 37.7 Å². The summed E-state index contributed by atoms with van der Waals surface area (Å²) >= 11 is 0. The van der Waals surface area contributed by atoms with Gasteiger partial charge in [0.25, 0.3) is 0 Å². The van der Waals surface area contributed by atoms with E-state index in [0.29, 0.717) is 12.5 Å². The van der Waals surface area contributed by atoms with Gasteiger partial charge in [-0.1, -0.05) is 36.8 Å². The number of likely N-dealkylation sites (tertiary alicyclic amines) is 1. The number of benzene rings is 1. The van der Waals surface area contributed by atoms with Crippen LogP contribution in [0.1, 0.15) is 44.1 Å². The first-order valence-electron chi connectivity index (χ1n) is 8.92. The van der Waals surface area contributed by atoms with Crippen LogP contribution < -0.4 is 5.73 Å². The SMILES string of the molecule is Cl.NC1CCCC(C(=O)N2CCC(OCc3ccccc3)CC2)C1. The lowest BCUT2D eigenvalue weighted by Gasteiger charge is -2.36. The van der Waals surface area contributed by atoms with Crippen LogP contribution in [0.5, 0.6) is 0 Å². The van der Waals surface area contributed by atoms with Gasteiger partial charge in [-0.2, -0.15) is 0 Å². The first-order chi connectivity index (χ1) is 11.2. The third kappa shape index (κ3) is 5.20. The zero-order valence-electron chi connectivity index (χ0n) is 14.2. The number of hydrogen-bond donors (Lipinski definition) is 1. The maximum atomic E-state index is 12.6. The molecule has 24 heavy (non-hydrogen) atoms. The smallest absolute Gasteiger partial charge is 0.225 e. The van der Waals surface area contributed by atoms with Gasteiger partial charge in [0.05, 0.1) is 12.7 Å². The molecule has 0 spiro atoms. The first kappa shape index (κ1) is 19.2. The predicted octanol–water partition coefficient (Wildman–Crippen LogP) is 3.13. The fourth-order valence-electron chi connectivity index (χ4n) is 3.74. The zero-order valence-corrected chi connectivity index (χ0v) is 15.0. The van der Waals surface area contributed by atoms with E-state index in [-0.39, 0.29) is 30.5 Å². The second kappa shape index (κ2) is 9.40. The molecule has 0 bridgehead atoms. The summed E-state index contributed by atoms with van der Waals surface area (Å²) in [5.41, 5.74) is 7.23. The number of carbonyl (C=O) groups excluding carboxylic acids is 1. The average Bonchev–Trinajstić information content (AvgIpc) is 2.61. The Balaban J connectivity index is 0.00000208. The number of nitrogens with two attached hydrogens (primary N) is 1. The summed E-state index contributed by atoms with van der Waals surface area (Å²) in [6.45, 7) is 2.31. The van der Waals surface area contributed by atoms with Crippen molar-refractivity contribution >= 4 is 18.3 Å². The van der Waals surface area contributed by atoms with Crippen molar-refractivity contribution in [3.8, 4) is 0 Å². The Bertz CT molecular complexity index is 503. The molecule has 1 aromatic carbocycles. The molecule has 3 rings (SSSR count). The highest BCUT2D eigenvalue weighted by Crippen LogP contribution is 2.26. The minimum Gasteiger partial charge on any atom is -0.373 e. The zero-order chi connectivity index (χ0) is 16.1. The molecule has 2 fully saturated rings. The summed E-state index contributed by atoms with van der Waals surface area (Å²) in [7, 11) is 0. The van der Waals surface area contributed by atoms with E-state index in [1.807, 2.05) is 23.1 Å². The summed E-state index contributed by atoms with van der Waals surface area (Å²) in [5, 5.41) is 0. The molecule has 1 aromatic rings. The fourth-order valence-corrected chi connectivity index (χ4v) is 3.74. The van der Waals surface area contributed by atoms with Crippen LogP contribution in [0.3, 0.4) is 0 Å². The molecule has 1 saturated carbocycles. The van der Waals surface area contributed by atoms with Gasteiger partial charge < -0.3 is 15.4 Å². The molecule has 1 heterocycles. The van der Waals surface area contributed by atoms with Crippen LogP contribution in [0.15, 0.2) is 30.3 Å². The second-order valence-corrected chi connectivity index (χ2v) is 6.94. The van der Waals surface area contributed by atoms with Gasteiger partial charge >= 0.3 is 0 Å². The van der Waals surface area contributed by atoms with Crippen LogP contribution >= 0.6 is 12.4 Å². The van der Waals surface area contributed by atoms with E-state index < -0.39 is 0 Å². The molecule has 134 valence electrons. The van der Waals surface area contributed by atoms with E-state index in [2.05, 4.69) is 12.1 Å². The van der Waals surface area contributed by atoms with Crippen LogP contribution in [0.2, 0.25) is 0 Å². The Morgan fingerprint density at radius 1 is 1.12 bits per heavy atom. The Hall–Kier alpha value is -1.10. The van der Waals surface area contributed by atoms with Crippen molar-refractivity contribution in [2.45, 2.75) is 57.3 Å². The molecule has 1 amide bonds. The molecule has 2 N–H and O–H groups in total. The van der Waals surface area contributed by atoms with Crippen molar-refractivity contribution in [3.05, 3.63) is 35.9 Å². The lowest BCUT2D eigenvalue weighted by Crippen LogP contribution is -2.45. The monoisotopic (exact) mass is 352 g/mol. The largest absolute Gasteiger partial charge is 0.373 e. The minimum absolute atomic E-state index is 0. The van der Waals surface area contributed by atoms with Gasteiger partial charge in [-0.15, -0.1) is 12.4 Å². The van der Waals surface area contributed by atoms with Crippen LogP contribution in [0.25, 0.3) is 0 Å². The van der Waals surface area contributed by atoms with Gasteiger partial charge in [0.1, 0.15) is 0 Å². The standard InChI is InChI=1S/C19H28N2O2.ClH/c20-17-8-4-7-16(13-17)19(22)21-11-9-18(10-12-21)23-14-15-5-2-1-3-6-15;/h1-3,5-6,16-18H,4,7-14,20H2;1H. The number of ether oxygens (including phenoxy) is 1. The quantitative estimate of drug-likeness (QED) is 0.905. The number of amides is 1. The molecule has 1 aliphatic heterocycles. The maximum Gasteiger partial charge on any atom is 0.225 e. The molecule has 5 heteroatoms. The van der Waals surface area contributed by atoms with E-state index in [4.69, 9.17) is 10.5 Å². The van der Waals surface area contributed by atoms with E-state index in [0.717, 1.165) is 51.6 Å².